The Bertz CT molecular complexity index is 1280. The van der Waals surface area contributed by atoms with Gasteiger partial charge in [0.15, 0.2) is 6.10 Å². The number of carbonyl (C=O) groups excluding carboxylic acids is 4. The van der Waals surface area contributed by atoms with Crippen LogP contribution in [0.1, 0.15) is 49.1 Å². The highest BCUT2D eigenvalue weighted by Gasteiger charge is 2.36. The van der Waals surface area contributed by atoms with E-state index in [9.17, 15) is 34.2 Å². The van der Waals surface area contributed by atoms with Gasteiger partial charge in [0.1, 0.15) is 6.04 Å². The molecule has 2 N–H and O–H groups in total. The van der Waals surface area contributed by atoms with Crippen LogP contribution < -0.4 is 10.0 Å². The molecule has 41 heavy (non-hydrogen) atoms. The number of aryl methyl sites for hydroxylation is 2. The molecule has 3 atom stereocenters. The van der Waals surface area contributed by atoms with Gasteiger partial charge in [0.2, 0.25) is 11.9 Å². The van der Waals surface area contributed by atoms with E-state index in [-0.39, 0.29) is 23.0 Å². The number of rotatable bonds is 10. The number of ketones is 1. The highest BCUT2D eigenvalue weighted by Crippen LogP contribution is 2.14. The van der Waals surface area contributed by atoms with Gasteiger partial charge in [-0.25, -0.2) is 14.4 Å². The Morgan fingerprint density at radius 1 is 0.683 bits per heavy atom. The Balaban J connectivity index is 0.000000377. The van der Waals surface area contributed by atoms with Gasteiger partial charge >= 0.3 is 17.9 Å². The maximum absolute atomic E-state index is 12.2. The van der Waals surface area contributed by atoms with Crippen LogP contribution in [0.5, 0.6) is 0 Å². The number of nitrogens with one attached hydrogen (secondary N) is 1. The third-order valence-electron chi connectivity index (χ3n) is 6.11. The highest BCUT2D eigenvalue weighted by molar-refractivity contribution is 5.99. The Labute approximate surface area is 238 Å². The second kappa shape index (κ2) is 15.1. The van der Waals surface area contributed by atoms with E-state index in [4.69, 9.17) is 9.47 Å². The molecule has 10 nitrogen and oxygen atoms in total. The van der Waals surface area contributed by atoms with Gasteiger partial charge in [-0.3, -0.25) is 4.79 Å². The number of carbonyl (C=O) groups is 5. The molecule has 0 spiro atoms. The average Bonchev–Trinajstić information content (AvgIpc) is 2.95. The molecule has 0 aliphatic heterocycles. The van der Waals surface area contributed by atoms with E-state index < -0.39 is 36.1 Å². The molecule has 10 heteroatoms. The van der Waals surface area contributed by atoms with Crippen LogP contribution in [0.2, 0.25) is 0 Å². The third kappa shape index (κ3) is 9.70. The fourth-order valence-corrected chi connectivity index (χ4v) is 3.34. The molecule has 0 saturated heterocycles. The van der Waals surface area contributed by atoms with E-state index in [2.05, 4.69) is 0 Å². The van der Waals surface area contributed by atoms with Crippen molar-refractivity contribution in [1.29, 1.82) is 0 Å². The van der Waals surface area contributed by atoms with Crippen LogP contribution in [0.15, 0.2) is 78.9 Å². The summed E-state index contributed by atoms with van der Waals surface area (Å²) in [5.41, 5.74) is 2.52. The minimum absolute atomic E-state index is 0.00542. The predicted molar refractivity (Wildman–Crippen MR) is 146 cm³/mol. The Hall–Kier alpha value is -4.83. The molecule has 0 radical (unpaired) electrons. The van der Waals surface area contributed by atoms with Gasteiger partial charge in [-0.2, -0.15) is 0 Å². The lowest BCUT2D eigenvalue weighted by atomic mass is 10.1. The van der Waals surface area contributed by atoms with E-state index in [1.54, 1.807) is 38.1 Å². The smallest absolute Gasteiger partial charge is 0.349 e. The summed E-state index contributed by atoms with van der Waals surface area (Å²) in [7, 11) is 3.98. The van der Waals surface area contributed by atoms with Gasteiger partial charge in [-0.05, 0) is 45.0 Å². The summed E-state index contributed by atoms with van der Waals surface area (Å²) < 4.78 is 9.54. The molecule has 216 valence electrons. The summed E-state index contributed by atoms with van der Waals surface area (Å²) in [6.07, 6.45) is -4.62. The lowest BCUT2D eigenvalue weighted by molar-refractivity contribution is -0.872. The van der Waals surface area contributed by atoms with Crippen LogP contribution in [0, 0.1) is 13.8 Å². The number of hydrogen-bond acceptors (Lipinski definition) is 8. The SMILES string of the molecule is C[C@@H](C(=O)c1ccccc1)[NH+](C)C.Cc1ccc(C(=O)O[C@H](C(=O)[O-])[C@H](OC(=O)c2ccc(C)cc2)C(=O)O)cc1. The van der Waals surface area contributed by atoms with E-state index in [0.717, 1.165) is 21.6 Å². The summed E-state index contributed by atoms with van der Waals surface area (Å²) in [5, 5.41) is 20.7. The molecule has 0 heterocycles. The fourth-order valence-electron chi connectivity index (χ4n) is 3.34. The van der Waals surface area contributed by atoms with Crippen LogP contribution in [-0.2, 0) is 19.1 Å². The Morgan fingerprint density at radius 3 is 1.46 bits per heavy atom. The maximum Gasteiger partial charge on any atom is 0.349 e. The van der Waals surface area contributed by atoms with Crippen LogP contribution >= 0.6 is 0 Å². The van der Waals surface area contributed by atoms with Crippen molar-refractivity contribution in [3.8, 4) is 0 Å². The number of likely N-dealkylation sites (N-methyl/N-ethyl adjacent to an activating group) is 1. The number of carboxylic acid groups (broad SMARTS) is 2. The summed E-state index contributed by atoms with van der Waals surface area (Å²) in [4.78, 5) is 60.1. The predicted octanol–water partition coefficient (Wildman–Crippen LogP) is 1.29. The van der Waals surface area contributed by atoms with E-state index >= 15 is 0 Å². The normalized spacial score (nSPS) is 12.6. The number of benzene rings is 3. The number of aliphatic carboxylic acids is 2. The molecule has 3 aromatic carbocycles. The Kier molecular flexibility index (Phi) is 11.9. The van der Waals surface area contributed by atoms with Crippen molar-refractivity contribution in [2.75, 3.05) is 14.1 Å². The Morgan fingerprint density at radius 2 is 1.10 bits per heavy atom. The topological polar surface area (TPSA) is 152 Å². The zero-order valence-corrected chi connectivity index (χ0v) is 23.5. The molecule has 0 aliphatic carbocycles. The van der Waals surface area contributed by atoms with Crippen molar-refractivity contribution >= 4 is 29.7 Å². The molecule has 0 amide bonds. The summed E-state index contributed by atoms with van der Waals surface area (Å²) in [6.45, 7) is 5.51. The molecule has 0 bridgehead atoms. The lowest BCUT2D eigenvalue weighted by Crippen LogP contribution is -3.10. The quantitative estimate of drug-likeness (QED) is 0.275. The zero-order chi connectivity index (χ0) is 30.7. The van der Waals surface area contributed by atoms with Crippen molar-refractivity contribution in [1.82, 2.24) is 0 Å². The first-order chi connectivity index (χ1) is 19.3. The van der Waals surface area contributed by atoms with Gasteiger partial charge in [0.05, 0.1) is 31.2 Å². The monoisotopic (exact) mass is 563 g/mol. The molecule has 3 aromatic rings. The maximum atomic E-state index is 12.2. The minimum Gasteiger partial charge on any atom is -0.546 e. The zero-order valence-electron chi connectivity index (χ0n) is 23.5. The van der Waals surface area contributed by atoms with Gasteiger partial charge in [0, 0.05) is 5.56 Å². The number of Topliss-reactive ketones (excluding diaryl/α,β-unsaturated/α-hetero) is 1. The molecule has 0 fully saturated rings. The molecule has 0 aliphatic rings. The van der Waals surface area contributed by atoms with Gasteiger partial charge in [-0.1, -0.05) is 65.7 Å². The fraction of sp³-hybridized carbons (Fsp3) is 0.258. The number of esters is 2. The average molecular weight is 564 g/mol. The van der Waals surface area contributed by atoms with Crippen molar-refractivity contribution in [2.24, 2.45) is 0 Å². The first-order valence-corrected chi connectivity index (χ1v) is 12.7. The van der Waals surface area contributed by atoms with E-state index in [1.807, 2.05) is 51.4 Å². The van der Waals surface area contributed by atoms with Crippen LogP contribution in [0.4, 0.5) is 0 Å². The van der Waals surface area contributed by atoms with Crippen LogP contribution in [0.3, 0.4) is 0 Å². The largest absolute Gasteiger partial charge is 0.546 e. The van der Waals surface area contributed by atoms with Gasteiger partial charge in [0.25, 0.3) is 0 Å². The summed E-state index contributed by atoms with van der Waals surface area (Å²) >= 11 is 0. The van der Waals surface area contributed by atoms with Crippen LogP contribution in [-0.4, -0.2) is 67.1 Å². The number of quaternary nitrogens is 1. The lowest BCUT2D eigenvalue weighted by Gasteiger charge is -2.24. The van der Waals surface area contributed by atoms with Crippen molar-refractivity contribution in [3.05, 3.63) is 107 Å². The number of hydrogen-bond donors (Lipinski definition) is 2. The minimum atomic E-state index is -2.33. The van der Waals surface area contributed by atoms with Crippen molar-refractivity contribution < 1.29 is 48.6 Å². The number of carboxylic acids is 2. The first-order valence-electron chi connectivity index (χ1n) is 12.7. The molecular formula is C31H33NO9. The third-order valence-corrected chi connectivity index (χ3v) is 6.11. The first kappa shape index (κ1) is 32.4. The standard InChI is InChI=1S/C20H18O8.C11H15NO/c1-11-3-7-13(8-4-11)19(25)27-15(17(21)22)16(18(23)24)28-20(26)14-9-5-12(2)6-10-14;1-9(12(2)3)11(13)10-7-5-4-6-8-10/h3-10,15-16H,1-2H3,(H,21,22)(H,23,24);4-9H,1-3H3/t15-,16-;9-/m00/s1. The van der Waals surface area contributed by atoms with E-state index in [1.165, 1.54) is 24.3 Å². The molecule has 0 unspecified atom stereocenters. The summed E-state index contributed by atoms with van der Waals surface area (Å²) in [6, 6.07) is 21.4. The van der Waals surface area contributed by atoms with Crippen molar-refractivity contribution in [3.63, 3.8) is 0 Å². The molecular weight excluding hydrogens is 530 g/mol. The van der Waals surface area contributed by atoms with Crippen molar-refractivity contribution in [2.45, 2.75) is 39.0 Å². The summed E-state index contributed by atoms with van der Waals surface area (Å²) in [5.74, 6) is -5.77. The molecule has 0 aromatic heterocycles. The number of ether oxygens (including phenoxy) is 2. The second-order valence-corrected chi connectivity index (χ2v) is 9.57. The molecule has 3 rings (SSSR count). The second-order valence-electron chi connectivity index (χ2n) is 9.57. The van der Waals surface area contributed by atoms with Gasteiger partial charge in [-0.15, -0.1) is 0 Å². The van der Waals surface area contributed by atoms with Gasteiger partial charge < -0.3 is 29.4 Å². The van der Waals surface area contributed by atoms with Crippen LogP contribution in [0.25, 0.3) is 0 Å². The van der Waals surface area contributed by atoms with E-state index in [0.29, 0.717) is 0 Å². The highest BCUT2D eigenvalue weighted by atomic mass is 16.6. The molecule has 0 saturated carbocycles.